The molecule has 1 aromatic heterocycles. The van der Waals surface area contributed by atoms with Crippen LogP contribution in [-0.2, 0) is 6.54 Å². The van der Waals surface area contributed by atoms with Crippen molar-refractivity contribution in [2.45, 2.75) is 12.6 Å². The number of hydrogen-bond donors (Lipinski definition) is 1. The van der Waals surface area contributed by atoms with E-state index in [0.29, 0.717) is 28.8 Å². The molecule has 1 heterocycles. The average molecular weight is 448 g/mol. The van der Waals surface area contributed by atoms with Crippen LogP contribution in [0.4, 0.5) is 0 Å². The summed E-state index contributed by atoms with van der Waals surface area (Å²) < 4.78 is 22.0. The molecule has 4 aromatic rings. The molecule has 3 aromatic carbocycles. The SMILES string of the molecule is COc1ccc(-c2nnn(C[C@H](O)COc3ccc(Oc4ccccc4)cc3)n2)cc1OC. The van der Waals surface area contributed by atoms with Crippen LogP contribution in [0.1, 0.15) is 0 Å². The van der Waals surface area contributed by atoms with Gasteiger partial charge in [-0.1, -0.05) is 18.2 Å². The zero-order valence-electron chi connectivity index (χ0n) is 18.3. The Kier molecular flexibility index (Phi) is 7.01. The highest BCUT2D eigenvalue weighted by Crippen LogP contribution is 2.30. The number of aromatic nitrogens is 4. The standard InChI is InChI=1S/C24H24N4O5/c1-30-22-13-8-17(14-23(22)31-2)24-25-27-28(26-24)15-18(29)16-32-19-9-11-21(12-10-19)33-20-6-4-3-5-7-20/h3-14,18,29H,15-16H2,1-2H3/t18-/m0/s1. The molecule has 1 atom stereocenters. The van der Waals surface area contributed by atoms with Crippen molar-refractivity contribution in [3.8, 4) is 40.1 Å². The molecule has 0 saturated heterocycles. The van der Waals surface area contributed by atoms with E-state index in [1.165, 1.54) is 4.80 Å². The Balaban J connectivity index is 1.30. The smallest absolute Gasteiger partial charge is 0.205 e. The lowest BCUT2D eigenvalue weighted by Crippen LogP contribution is -2.24. The third kappa shape index (κ3) is 5.78. The van der Waals surface area contributed by atoms with E-state index in [-0.39, 0.29) is 13.2 Å². The topological polar surface area (TPSA) is 101 Å². The van der Waals surface area contributed by atoms with E-state index in [9.17, 15) is 5.11 Å². The largest absolute Gasteiger partial charge is 0.493 e. The summed E-state index contributed by atoms with van der Waals surface area (Å²) in [4.78, 5) is 1.33. The molecule has 0 fully saturated rings. The molecule has 0 aliphatic rings. The molecule has 0 unspecified atom stereocenters. The number of para-hydroxylation sites is 1. The molecule has 0 bridgehead atoms. The second-order valence-electron chi connectivity index (χ2n) is 7.09. The van der Waals surface area contributed by atoms with E-state index in [1.807, 2.05) is 48.5 Å². The number of aliphatic hydroxyl groups is 1. The number of ether oxygens (including phenoxy) is 4. The fourth-order valence-corrected chi connectivity index (χ4v) is 3.07. The molecule has 0 saturated carbocycles. The zero-order valence-corrected chi connectivity index (χ0v) is 18.3. The molecule has 9 heteroatoms. The summed E-state index contributed by atoms with van der Waals surface area (Å²) in [7, 11) is 3.13. The Morgan fingerprint density at radius 3 is 2.27 bits per heavy atom. The summed E-state index contributed by atoms with van der Waals surface area (Å²) in [6, 6.07) is 22.1. The lowest BCUT2D eigenvalue weighted by atomic mass is 10.2. The van der Waals surface area contributed by atoms with Crippen molar-refractivity contribution in [3.05, 3.63) is 72.8 Å². The van der Waals surface area contributed by atoms with Gasteiger partial charge in [-0.2, -0.15) is 4.80 Å². The summed E-state index contributed by atoms with van der Waals surface area (Å²) in [5.41, 5.74) is 0.724. The monoisotopic (exact) mass is 448 g/mol. The molecule has 33 heavy (non-hydrogen) atoms. The lowest BCUT2D eigenvalue weighted by molar-refractivity contribution is 0.0850. The number of aliphatic hydroxyl groups excluding tert-OH is 1. The van der Waals surface area contributed by atoms with Crippen molar-refractivity contribution in [1.29, 1.82) is 0 Å². The number of rotatable bonds is 10. The summed E-state index contributed by atoms with van der Waals surface area (Å²) in [5.74, 6) is 3.67. The second kappa shape index (κ2) is 10.5. The van der Waals surface area contributed by atoms with E-state index >= 15 is 0 Å². The van der Waals surface area contributed by atoms with Crippen LogP contribution >= 0.6 is 0 Å². The van der Waals surface area contributed by atoms with Crippen LogP contribution in [-0.4, -0.2) is 52.2 Å². The van der Waals surface area contributed by atoms with Gasteiger partial charge in [-0.15, -0.1) is 10.2 Å². The van der Waals surface area contributed by atoms with Crippen LogP contribution in [0.2, 0.25) is 0 Å². The van der Waals surface area contributed by atoms with Crippen LogP contribution < -0.4 is 18.9 Å². The quantitative estimate of drug-likeness (QED) is 0.393. The van der Waals surface area contributed by atoms with E-state index in [4.69, 9.17) is 18.9 Å². The van der Waals surface area contributed by atoms with Crippen molar-refractivity contribution < 1.29 is 24.1 Å². The first-order valence-electron chi connectivity index (χ1n) is 10.3. The highest BCUT2D eigenvalue weighted by molar-refractivity contribution is 5.60. The van der Waals surface area contributed by atoms with Gasteiger partial charge in [0.1, 0.15) is 30.0 Å². The number of tetrazole rings is 1. The molecule has 9 nitrogen and oxygen atoms in total. The summed E-state index contributed by atoms with van der Waals surface area (Å²) in [6.45, 7) is 0.210. The minimum absolute atomic E-state index is 0.0755. The van der Waals surface area contributed by atoms with Gasteiger partial charge in [0.2, 0.25) is 5.82 Å². The Bertz CT molecular complexity index is 1170. The van der Waals surface area contributed by atoms with Gasteiger partial charge in [-0.05, 0) is 59.8 Å². The van der Waals surface area contributed by atoms with E-state index in [0.717, 1.165) is 11.3 Å². The molecule has 0 spiro atoms. The first-order chi connectivity index (χ1) is 16.1. The van der Waals surface area contributed by atoms with Gasteiger partial charge in [0.15, 0.2) is 11.5 Å². The molecule has 0 aliphatic heterocycles. The van der Waals surface area contributed by atoms with E-state index < -0.39 is 6.10 Å². The number of methoxy groups -OCH3 is 2. The first kappa shape index (κ1) is 22.1. The van der Waals surface area contributed by atoms with Crippen LogP contribution in [0.25, 0.3) is 11.4 Å². The van der Waals surface area contributed by atoms with Crippen LogP contribution in [0.3, 0.4) is 0 Å². The van der Waals surface area contributed by atoms with Crippen LogP contribution in [0.15, 0.2) is 72.8 Å². The van der Waals surface area contributed by atoms with Crippen LogP contribution in [0, 0.1) is 0 Å². The molecular formula is C24H24N4O5. The first-order valence-corrected chi connectivity index (χ1v) is 10.3. The second-order valence-corrected chi connectivity index (χ2v) is 7.09. The van der Waals surface area contributed by atoms with Gasteiger partial charge in [0.05, 0.1) is 20.8 Å². The molecule has 4 rings (SSSR count). The zero-order chi connectivity index (χ0) is 23.0. The summed E-state index contributed by atoms with van der Waals surface area (Å²) in [5, 5.41) is 22.7. The van der Waals surface area contributed by atoms with E-state index in [1.54, 1.807) is 38.5 Å². The normalized spacial score (nSPS) is 11.6. The van der Waals surface area contributed by atoms with Crippen LogP contribution in [0.5, 0.6) is 28.7 Å². The minimum atomic E-state index is -0.822. The van der Waals surface area contributed by atoms with Crippen molar-refractivity contribution >= 4 is 0 Å². The van der Waals surface area contributed by atoms with Gasteiger partial charge >= 0.3 is 0 Å². The number of hydrogen-bond acceptors (Lipinski definition) is 8. The average Bonchev–Trinajstić information content (AvgIpc) is 3.32. The maximum absolute atomic E-state index is 10.3. The van der Waals surface area contributed by atoms with Crippen molar-refractivity contribution in [2.24, 2.45) is 0 Å². The highest BCUT2D eigenvalue weighted by atomic mass is 16.5. The van der Waals surface area contributed by atoms with Gasteiger partial charge < -0.3 is 24.1 Å². The minimum Gasteiger partial charge on any atom is -0.493 e. The predicted molar refractivity (Wildman–Crippen MR) is 121 cm³/mol. The molecule has 0 radical (unpaired) electrons. The highest BCUT2D eigenvalue weighted by Gasteiger charge is 2.13. The maximum atomic E-state index is 10.3. The summed E-state index contributed by atoms with van der Waals surface area (Å²) in [6.07, 6.45) is -0.822. The Labute approximate surface area is 191 Å². The Morgan fingerprint density at radius 2 is 1.55 bits per heavy atom. The van der Waals surface area contributed by atoms with Gasteiger partial charge in [-0.3, -0.25) is 0 Å². The maximum Gasteiger partial charge on any atom is 0.205 e. The lowest BCUT2D eigenvalue weighted by Gasteiger charge is -2.12. The van der Waals surface area contributed by atoms with Crippen molar-refractivity contribution in [3.63, 3.8) is 0 Å². The number of benzene rings is 3. The third-order valence-corrected chi connectivity index (χ3v) is 4.71. The van der Waals surface area contributed by atoms with Crippen molar-refractivity contribution in [2.75, 3.05) is 20.8 Å². The van der Waals surface area contributed by atoms with Gasteiger partial charge in [0, 0.05) is 5.56 Å². The molecular weight excluding hydrogens is 424 g/mol. The molecule has 0 amide bonds. The third-order valence-electron chi connectivity index (χ3n) is 4.71. The summed E-state index contributed by atoms with van der Waals surface area (Å²) >= 11 is 0. The van der Waals surface area contributed by atoms with Gasteiger partial charge in [0.25, 0.3) is 0 Å². The number of nitrogens with zero attached hydrogens (tertiary/aromatic N) is 4. The fraction of sp³-hybridized carbons (Fsp3) is 0.208. The van der Waals surface area contributed by atoms with Crippen molar-refractivity contribution in [1.82, 2.24) is 20.2 Å². The van der Waals surface area contributed by atoms with Gasteiger partial charge in [-0.25, -0.2) is 0 Å². The molecule has 0 aliphatic carbocycles. The Morgan fingerprint density at radius 1 is 0.848 bits per heavy atom. The predicted octanol–water partition coefficient (Wildman–Crippen LogP) is 3.59. The fourth-order valence-electron chi connectivity index (χ4n) is 3.07. The molecule has 170 valence electrons. The van der Waals surface area contributed by atoms with E-state index in [2.05, 4.69) is 15.4 Å². The molecule has 1 N–H and O–H groups in total. The Hall–Kier alpha value is -4.11.